The van der Waals surface area contributed by atoms with Crippen LogP contribution in [0.5, 0.6) is 0 Å². The molecule has 1 fully saturated rings. The topological polar surface area (TPSA) is 75.1 Å². The van der Waals surface area contributed by atoms with Crippen molar-refractivity contribution in [3.8, 4) is 11.1 Å². The average Bonchev–Trinajstić information content (AvgIpc) is 3.43. The van der Waals surface area contributed by atoms with Crippen LogP contribution in [0.1, 0.15) is 23.8 Å². The molecule has 1 saturated carbocycles. The maximum absolute atomic E-state index is 13.0. The number of hydrogen-bond donors (Lipinski definition) is 2. The molecule has 1 aromatic carbocycles. The molecule has 2 N–H and O–H groups in total. The summed E-state index contributed by atoms with van der Waals surface area (Å²) in [6.07, 6.45) is -5.43. The number of aromatic nitrogens is 2. The first-order valence-electron chi connectivity index (χ1n) is 9.20. The van der Waals surface area contributed by atoms with Gasteiger partial charge in [0.2, 0.25) is 5.91 Å². The van der Waals surface area contributed by atoms with E-state index < -0.39 is 36.0 Å². The van der Waals surface area contributed by atoms with Gasteiger partial charge in [-0.3, -0.25) is 9.78 Å². The minimum absolute atomic E-state index is 0.231. The highest BCUT2D eigenvalue weighted by atomic mass is 19.4. The van der Waals surface area contributed by atoms with Gasteiger partial charge >= 0.3 is 6.18 Å². The molecule has 0 spiro atoms. The molecule has 0 radical (unpaired) electrons. The zero-order valence-electron chi connectivity index (χ0n) is 15.7. The van der Waals surface area contributed by atoms with E-state index >= 15 is 0 Å². The fourth-order valence-corrected chi connectivity index (χ4v) is 3.23. The van der Waals surface area contributed by atoms with Gasteiger partial charge in [0.05, 0.1) is 11.6 Å². The minimum atomic E-state index is -4.78. The lowest BCUT2D eigenvalue weighted by Gasteiger charge is -2.15. The Morgan fingerprint density at radius 2 is 1.90 bits per heavy atom. The zero-order chi connectivity index (χ0) is 21.6. The fraction of sp³-hybridized carbons (Fsp3) is 0.286. The highest BCUT2D eigenvalue weighted by Crippen LogP contribution is 2.35. The van der Waals surface area contributed by atoms with E-state index in [9.17, 15) is 27.5 Å². The molecule has 1 aliphatic carbocycles. The highest BCUT2D eigenvalue weighted by Gasteiger charge is 2.43. The van der Waals surface area contributed by atoms with E-state index in [1.165, 1.54) is 12.3 Å². The lowest BCUT2D eigenvalue weighted by Crippen LogP contribution is -2.21. The second kappa shape index (κ2) is 7.32. The lowest BCUT2D eigenvalue weighted by molar-refractivity contribution is -0.207. The molecule has 0 bridgehead atoms. The van der Waals surface area contributed by atoms with Gasteiger partial charge in [0.15, 0.2) is 6.10 Å². The first-order chi connectivity index (χ1) is 14.1. The van der Waals surface area contributed by atoms with Gasteiger partial charge in [0.25, 0.3) is 0 Å². The smallest absolute Gasteiger partial charge is 0.378 e. The number of pyridine rings is 2. The molecule has 9 heteroatoms. The van der Waals surface area contributed by atoms with Crippen LogP contribution in [-0.4, -0.2) is 33.3 Å². The second-order valence-corrected chi connectivity index (χ2v) is 7.35. The van der Waals surface area contributed by atoms with Crippen LogP contribution in [-0.2, 0) is 4.79 Å². The van der Waals surface area contributed by atoms with Crippen molar-refractivity contribution in [1.82, 2.24) is 9.97 Å². The lowest BCUT2D eigenvalue weighted by atomic mass is 9.99. The van der Waals surface area contributed by atoms with E-state index in [0.717, 1.165) is 16.3 Å². The number of aryl methyl sites for hydroxylation is 1. The zero-order valence-corrected chi connectivity index (χ0v) is 15.7. The Hall–Kier alpha value is -3.07. The van der Waals surface area contributed by atoms with Gasteiger partial charge in [-0.15, -0.1) is 0 Å². The number of halogens is 4. The molecule has 0 unspecified atom stereocenters. The van der Waals surface area contributed by atoms with E-state index in [-0.39, 0.29) is 6.42 Å². The summed E-state index contributed by atoms with van der Waals surface area (Å²) in [5.74, 6) is -0.685. The fourth-order valence-electron chi connectivity index (χ4n) is 3.23. The predicted molar refractivity (Wildman–Crippen MR) is 102 cm³/mol. The molecule has 156 valence electrons. The summed E-state index contributed by atoms with van der Waals surface area (Å²) in [5.41, 5.74) is 1.41. The van der Waals surface area contributed by atoms with Crippen molar-refractivity contribution in [3.63, 3.8) is 0 Å². The predicted octanol–water partition coefficient (Wildman–Crippen LogP) is 4.50. The van der Waals surface area contributed by atoms with E-state index in [2.05, 4.69) is 15.3 Å². The number of carbonyl (C=O) groups excluding carboxylic acids is 1. The average molecular weight is 419 g/mol. The highest BCUT2D eigenvalue weighted by molar-refractivity contribution is 5.96. The maximum Gasteiger partial charge on any atom is 0.420 e. The third kappa shape index (κ3) is 3.97. The maximum atomic E-state index is 13.0. The Bertz CT molecular complexity index is 1130. The van der Waals surface area contributed by atoms with E-state index in [1.54, 1.807) is 37.4 Å². The van der Waals surface area contributed by atoms with Gasteiger partial charge in [0.1, 0.15) is 12.0 Å². The standard InChI is InChI=1S/C21H17F4N3O2/c1-10-4-17(19(29)21(23,24)25)26-9-15(10)12-3-2-11-6-18(27-8-13(11)5-12)28-20(30)14-7-16(14)22/h2-6,8-9,14,16,19,29H,7H2,1H3,(H,27,28,30)/t14-,16+,19-/m1/s1. The molecule has 2 heterocycles. The van der Waals surface area contributed by atoms with Crippen molar-refractivity contribution >= 4 is 22.5 Å². The number of amides is 1. The third-order valence-corrected chi connectivity index (χ3v) is 5.06. The molecule has 3 aromatic rings. The van der Waals surface area contributed by atoms with Crippen molar-refractivity contribution in [3.05, 3.63) is 54.0 Å². The van der Waals surface area contributed by atoms with Crippen LogP contribution in [0.15, 0.2) is 42.7 Å². The van der Waals surface area contributed by atoms with Gasteiger partial charge < -0.3 is 10.4 Å². The quantitative estimate of drug-likeness (QED) is 0.611. The second-order valence-electron chi connectivity index (χ2n) is 7.35. The molecule has 0 aliphatic heterocycles. The molecular weight excluding hydrogens is 402 g/mol. The van der Waals surface area contributed by atoms with Crippen LogP contribution in [0.25, 0.3) is 21.9 Å². The van der Waals surface area contributed by atoms with Gasteiger partial charge in [-0.2, -0.15) is 13.2 Å². The Morgan fingerprint density at radius 3 is 2.53 bits per heavy atom. The van der Waals surface area contributed by atoms with Gasteiger partial charge in [-0.25, -0.2) is 9.37 Å². The van der Waals surface area contributed by atoms with Crippen LogP contribution in [0.4, 0.5) is 23.4 Å². The Morgan fingerprint density at radius 1 is 1.17 bits per heavy atom. The largest absolute Gasteiger partial charge is 0.420 e. The van der Waals surface area contributed by atoms with Gasteiger partial charge in [-0.1, -0.05) is 12.1 Å². The van der Waals surface area contributed by atoms with Gasteiger partial charge in [0, 0.05) is 23.3 Å². The van der Waals surface area contributed by atoms with Crippen LogP contribution in [0.3, 0.4) is 0 Å². The normalized spacial score (nSPS) is 19.5. The summed E-state index contributed by atoms with van der Waals surface area (Å²) in [6.45, 7) is 1.64. The molecule has 1 aliphatic rings. The number of nitrogens with zero attached hydrogens (tertiary/aromatic N) is 2. The van der Waals surface area contributed by atoms with Crippen molar-refractivity contribution < 1.29 is 27.5 Å². The first-order valence-corrected chi connectivity index (χ1v) is 9.20. The van der Waals surface area contributed by atoms with Crippen molar-refractivity contribution in [2.75, 3.05) is 5.32 Å². The molecular formula is C21H17F4N3O2. The summed E-state index contributed by atoms with van der Waals surface area (Å²) in [7, 11) is 0. The molecule has 2 aromatic heterocycles. The van der Waals surface area contributed by atoms with Crippen LogP contribution >= 0.6 is 0 Å². The van der Waals surface area contributed by atoms with Crippen molar-refractivity contribution in [2.45, 2.75) is 31.8 Å². The number of aliphatic hydroxyl groups excluding tert-OH is 1. The number of hydrogen-bond acceptors (Lipinski definition) is 4. The van der Waals surface area contributed by atoms with E-state index in [4.69, 9.17) is 0 Å². The monoisotopic (exact) mass is 419 g/mol. The summed E-state index contributed by atoms with van der Waals surface area (Å²) in [6, 6.07) is 8.24. The number of aliphatic hydroxyl groups is 1. The third-order valence-electron chi connectivity index (χ3n) is 5.06. The SMILES string of the molecule is Cc1cc([C@@H](O)C(F)(F)F)ncc1-c1ccc2cc(NC(=O)[C@@H]3C[C@@H]3F)ncc2c1. The Balaban J connectivity index is 1.59. The molecule has 3 atom stereocenters. The summed E-state index contributed by atoms with van der Waals surface area (Å²) < 4.78 is 51.1. The summed E-state index contributed by atoms with van der Waals surface area (Å²) in [5, 5.41) is 13.5. The number of alkyl halides is 4. The summed E-state index contributed by atoms with van der Waals surface area (Å²) in [4.78, 5) is 19.8. The number of fused-ring (bicyclic) bond motifs is 1. The van der Waals surface area contributed by atoms with Crippen LogP contribution in [0.2, 0.25) is 0 Å². The molecule has 30 heavy (non-hydrogen) atoms. The minimum Gasteiger partial charge on any atom is -0.378 e. The van der Waals surface area contributed by atoms with Gasteiger partial charge in [-0.05, 0) is 48.1 Å². The van der Waals surface area contributed by atoms with Crippen molar-refractivity contribution in [1.29, 1.82) is 0 Å². The first kappa shape index (κ1) is 20.2. The van der Waals surface area contributed by atoms with Crippen molar-refractivity contribution in [2.24, 2.45) is 5.92 Å². The molecule has 0 saturated heterocycles. The molecule has 1 amide bonds. The Kier molecular flexibility index (Phi) is 4.93. The summed E-state index contributed by atoms with van der Waals surface area (Å²) >= 11 is 0. The number of carbonyl (C=O) groups is 1. The number of nitrogens with one attached hydrogen (secondary N) is 1. The van der Waals surface area contributed by atoms with E-state index in [0.29, 0.717) is 16.9 Å². The van der Waals surface area contributed by atoms with E-state index in [1.807, 2.05) is 0 Å². The van der Waals surface area contributed by atoms with Crippen LogP contribution in [0, 0.1) is 12.8 Å². The molecule has 4 rings (SSSR count). The number of anilines is 1. The van der Waals surface area contributed by atoms with Crippen LogP contribution < -0.4 is 5.32 Å². The number of rotatable bonds is 4. The number of benzene rings is 1. The Labute approximate surface area is 168 Å². The molecule has 5 nitrogen and oxygen atoms in total.